The normalized spacial score (nSPS) is 3.60. The highest BCUT2D eigenvalue weighted by Crippen LogP contribution is 1.25. The lowest BCUT2D eigenvalue weighted by molar-refractivity contribution is 0.312. The zero-order chi connectivity index (χ0) is 4.71. The zero-order valence-electron chi connectivity index (χ0n) is 3.30. The quantitative estimate of drug-likeness (QED) is 0.348. The largest absolute Gasteiger partial charge is 0.379 e. The highest BCUT2D eigenvalue weighted by molar-refractivity contribution is 3.83. The average Bonchev–Trinajstić information content (AvgIpc) is 1.46. The Morgan fingerprint density at radius 1 is 1.60 bits per heavy atom. The van der Waals surface area contributed by atoms with Gasteiger partial charge in [-0.05, 0) is 0 Å². The molecule has 0 aromatic rings. The molecule has 0 amide bonds. The Bertz CT molecular complexity index is 15.1. The van der Waals surface area contributed by atoms with Gasteiger partial charge in [0.2, 0.25) is 0 Å². The van der Waals surface area contributed by atoms with Crippen LogP contribution in [-0.4, -0.2) is 5.21 Å². The summed E-state index contributed by atoms with van der Waals surface area (Å²) in [6.07, 6.45) is 0. The molecule has 0 atom stereocenters. The zero-order valence-corrected chi connectivity index (χ0v) is 3.30. The first-order chi connectivity index (χ1) is 2.41. The van der Waals surface area contributed by atoms with Gasteiger partial charge >= 0.3 is 0 Å². The molecule has 0 spiro atoms. The standard InChI is InChI=1S/C2H6.HNO2/c1-2;2-1-3/h1-2H3;(H,2,3). The van der Waals surface area contributed by atoms with Crippen LogP contribution >= 0.6 is 0 Å². The molecule has 5 heavy (non-hydrogen) atoms. The highest BCUT2D eigenvalue weighted by Gasteiger charge is 1.18. The van der Waals surface area contributed by atoms with E-state index in [0.29, 0.717) is 0 Å². The summed E-state index contributed by atoms with van der Waals surface area (Å²) < 4.78 is 0. The summed E-state index contributed by atoms with van der Waals surface area (Å²) in [7, 11) is 0. The van der Waals surface area contributed by atoms with Crippen molar-refractivity contribution >= 4 is 0 Å². The molecule has 32 valence electrons. The minimum atomic E-state index is 1.25. The summed E-state index contributed by atoms with van der Waals surface area (Å²) in [4.78, 5) is 8.11. The van der Waals surface area contributed by atoms with Crippen LogP contribution in [0.4, 0.5) is 0 Å². The maximum Gasteiger partial charge on any atom is 0.152 e. The monoisotopic (exact) mass is 77.0 g/mol. The second-order valence-corrected chi connectivity index (χ2v) is 0.0816. The van der Waals surface area contributed by atoms with E-state index in [0.717, 1.165) is 0 Å². The van der Waals surface area contributed by atoms with Gasteiger partial charge in [-0.2, -0.15) is 0 Å². The number of hydrogen-bond donors (Lipinski definition) is 1. The molecule has 0 aliphatic heterocycles. The van der Waals surface area contributed by atoms with Gasteiger partial charge in [0, 0.05) is 0 Å². The van der Waals surface area contributed by atoms with E-state index in [-0.39, 0.29) is 0 Å². The van der Waals surface area contributed by atoms with Crippen molar-refractivity contribution in [3.05, 3.63) is 4.91 Å². The van der Waals surface area contributed by atoms with Gasteiger partial charge in [-0.15, -0.1) is 4.91 Å². The predicted octanol–water partition coefficient (Wildman–Crippen LogP) is 1.17. The fraction of sp³-hybridized carbons (Fsp3) is 1.00. The third kappa shape index (κ3) is 18.5. The van der Waals surface area contributed by atoms with Crippen molar-refractivity contribution in [3.63, 3.8) is 0 Å². The van der Waals surface area contributed by atoms with Gasteiger partial charge in [0.25, 0.3) is 0 Å². The maximum atomic E-state index is 8.11. The average molecular weight is 77.1 g/mol. The molecule has 1 N–H and O–H groups in total. The molecule has 0 rings (SSSR count). The van der Waals surface area contributed by atoms with Crippen molar-refractivity contribution in [3.8, 4) is 0 Å². The van der Waals surface area contributed by atoms with Crippen molar-refractivity contribution in [2.45, 2.75) is 13.8 Å². The highest BCUT2D eigenvalue weighted by atomic mass is 16.6. The van der Waals surface area contributed by atoms with E-state index in [1.54, 1.807) is 0 Å². The van der Waals surface area contributed by atoms with E-state index in [1.165, 1.54) is 5.34 Å². The molecule has 0 saturated heterocycles. The summed E-state index contributed by atoms with van der Waals surface area (Å²) in [6.45, 7) is 4.00. The first-order valence-corrected chi connectivity index (χ1v) is 1.38. The molecule has 0 radical (unpaired) electrons. The summed E-state index contributed by atoms with van der Waals surface area (Å²) in [5.74, 6) is 0. The van der Waals surface area contributed by atoms with Crippen LogP contribution < -0.4 is 0 Å². The van der Waals surface area contributed by atoms with Crippen LogP contribution in [0.2, 0.25) is 0 Å². The Morgan fingerprint density at radius 3 is 1.60 bits per heavy atom. The number of hydrogen-bond acceptors (Lipinski definition) is 2. The van der Waals surface area contributed by atoms with Crippen LogP contribution in [0.3, 0.4) is 0 Å². The topological polar surface area (TPSA) is 49.7 Å². The number of nitrogens with zero attached hydrogens (tertiary/aromatic N) is 1. The molecule has 0 aliphatic carbocycles. The van der Waals surface area contributed by atoms with Crippen LogP contribution in [0, 0.1) is 4.91 Å². The van der Waals surface area contributed by atoms with Gasteiger partial charge in [0.05, 0.1) is 0 Å². The lowest BCUT2D eigenvalue weighted by atomic mass is 11.0. The van der Waals surface area contributed by atoms with Crippen LogP contribution in [-0.2, 0) is 0 Å². The van der Waals surface area contributed by atoms with Crippen molar-refractivity contribution in [1.29, 1.82) is 0 Å². The fourth-order valence-electron chi connectivity index (χ4n) is 0. The van der Waals surface area contributed by atoms with Crippen molar-refractivity contribution in [1.82, 2.24) is 0 Å². The first kappa shape index (κ1) is 8.83. The number of rotatable bonds is 0. The summed E-state index contributed by atoms with van der Waals surface area (Å²) in [5, 5.41) is 7.89. The molecule has 0 saturated carbocycles. The molecule has 3 nitrogen and oxygen atoms in total. The molecule has 0 aromatic heterocycles. The summed E-state index contributed by atoms with van der Waals surface area (Å²) in [5.41, 5.74) is 0. The van der Waals surface area contributed by atoms with Crippen molar-refractivity contribution in [2.24, 2.45) is 5.34 Å². The van der Waals surface area contributed by atoms with E-state index in [2.05, 4.69) is 0 Å². The van der Waals surface area contributed by atoms with Crippen LogP contribution in [0.5, 0.6) is 0 Å². The van der Waals surface area contributed by atoms with Crippen LogP contribution in [0.15, 0.2) is 5.34 Å². The molecule has 0 unspecified atom stereocenters. The van der Waals surface area contributed by atoms with E-state index in [4.69, 9.17) is 10.1 Å². The maximum absolute atomic E-state index is 8.11. The molecule has 0 aliphatic rings. The van der Waals surface area contributed by atoms with Gasteiger partial charge < -0.3 is 5.21 Å². The third-order valence-electron chi connectivity index (χ3n) is 0. The van der Waals surface area contributed by atoms with E-state index in [9.17, 15) is 0 Å². The second-order valence-electron chi connectivity index (χ2n) is 0.0816. The van der Waals surface area contributed by atoms with E-state index >= 15 is 0 Å². The minimum absolute atomic E-state index is 1.25. The van der Waals surface area contributed by atoms with Crippen LogP contribution in [0.25, 0.3) is 0 Å². The Labute approximate surface area is 30.6 Å². The SMILES string of the molecule is CC.O=NO. The smallest absolute Gasteiger partial charge is 0.152 e. The van der Waals surface area contributed by atoms with Crippen LogP contribution in [0.1, 0.15) is 13.8 Å². The lowest BCUT2D eigenvalue weighted by Crippen LogP contribution is -1.25. The molecule has 0 heterocycles. The van der Waals surface area contributed by atoms with E-state index < -0.39 is 0 Å². The minimum Gasteiger partial charge on any atom is -0.379 e. The molecule has 0 fully saturated rings. The summed E-state index contributed by atoms with van der Waals surface area (Å²) in [6, 6.07) is 0. The molecule has 0 bridgehead atoms. The Hall–Kier alpha value is -0.600. The Morgan fingerprint density at radius 2 is 1.60 bits per heavy atom. The Balaban J connectivity index is 0. The van der Waals surface area contributed by atoms with Crippen molar-refractivity contribution in [2.75, 3.05) is 0 Å². The fourth-order valence-corrected chi connectivity index (χ4v) is 0. The van der Waals surface area contributed by atoms with Gasteiger partial charge in [-0.25, -0.2) is 0 Å². The third-order valence-corrected chi connectivity index (χ3v) is 0. The Kier molecular flexibility index (Phi) is 216. The molecular weight excluding hydrogens is 70.0 g/mol. The van der Waals surface area contributed by atoms with Gasteiger partial charge in [0.1, 0.15) is 0 Å². The van der Waals surface area contributed by atoms with Gasteiger partial charge in [0.15, 0.2) is 5.34 Å². The molecular formula is C2H7NO2. The lowest BCUT2D eigenvalue weighted by Gasteiger charge is -1.32. The van der Waals surface area contributed by atoms with Crippen molar-refractivity contribution < 1.29 is 5.21 Å². The van der Waals surface area contributed by atoms with E-state index in [1.807, 2.05) is 13.8 Å². The molecule has 0 aromatic carbocycles. The van der Waals surface area contributed by atoms with Gasteiger partial charge in [-0.1, -0.05) is 13.8 Å². The summed E-state index contributed by atoms with van der Waals surface area (Å²) >= 11 is 0. The second kappa shape index (κ2) is 122. The molecule has 3 heteroatoms. The predicted molar refractivity (Wildman–Crippen MR) is 18.9 cm³/mol. The van der Waals surface area contributed by atoms with Gasteiger partial charge in [-0.3, -0.25) is 0 Å². The first-order valence-electron chi connectivity index (χ1n) is 1.38.